The molecule has 102 valence electrons. The van der Waals surface area contributed by atoms with Gasteiger partial charge in [-0.2, -0.15) is 8.42 Å². The molecule has 1 saturated carbocycles. The second-order valence-electron chi connectivity index (χ2n) is 5.40. The maximum Gasteiger partial charge on any atom is 0.297 e. The van der Waals surface area contributed by atoms with Crippen LogP contribution in [-0.4, -0.2) is 26.5 Å². The first kappa shape index (κ1) is 12.6. The highest BCUT2D eigenvalue weighted by molar-refractivity contribution is 7.86. The second-order valence-corrected chi connectivity index (χ2v) is 7.02. The van der Waals surface area contributed by atoms with Gasteiger partial charge in [0.1, 0.15) is 0 Å². The predicted molar refractivity (Wildman–Crippen MR) is 67.9 cm³/mol. The van der Waals surface area contributed by atoms with Crippen LogP contribution < -0.4 is 5.32 Å². The van der Waals surface area contributed by atoms with Gasteiger partial charge in [0.15, 0.2) is 0 Å². The molecular formula is C13H15NO4S. The summed E-state index contributed by atoms with van der Waals surface area (Å²) in [6.45, 7) is 1.91. The van der Waals surface area contributed by atoms with Crippen molar-refractivity contribution >= 4 is 16.0 Å². The Morgan fingerprint density at radius 1 is 1.32 bits per heavy atom. The van der Waals surface area contributed by atoms with Gasteiger partial charge in [-0.3, -0.25) is 8.98 Å². The highest BCUT2D eigenvalue weighted by Gasteiger charge is 2.56. The molecule has 1 N–H and O–H groups in total. The summed E-state index contributed by atoms with van der Waals surface area (Å²) in [7, 11) is -3.75. The number of hydrogen-bond acceptors (Lipinski definition) is 4. The molecule has 2 aliphatic heterocycles. The lowest BCUT2D eigenvalue weighted by molar-refractivity contribution is -0.121. The third-order valence-electron chi connectivity index (χ3n) is 3.83. The minimum absolute atomic E-state index is 0.0105. The zero-order chi connectivity index (χ0) is 13.7. The summed E-state index contributed by atoms with van der Waals surface area (Å²) in [4.78, 5) is 11.5. The minimum atomic E-state index is -3.75. The Morgan fingerprint density at radius 2 is 1.95 bits per heavy atom. The number of rotatable bonds is 4. The van der Waals surface area contributed by atoms with E-state index in [-0.39, 0.29) is 23.3 Å². The molecule has 5 nitrogen and oxygen atoms in total. The van der Waals surface area contributed by atoms with E-state index in [2.05, 4.69) is 5.32 Å². The molecule has 19 heavy (non-hydrogen) atoms. The molecule has 2 saturated heterocycles. The topological polar surface area (TPSA) is 72.5 Å². The van der Waals surface area contributed by atoms with Crippen LogP contribution in [0.4, 0.5) is 0 Å². The van der Waals surface area contributed by atoms with E-state index < -0.39 is 15.7 Å². The standard InChI is InChI=1S/C13H15NO4S/c1-9-2-4-11(5-3-9)19(16,17)18-8-13-6-10(7-13)12(15)14-13/h2-5,10H,6-8H2,1H3,(H,14,15). The minimum Gasteiger partial charge on any atom is -0.348 e. The molecule has 1 aromatic rings. The summed E-state index contributed by atoms with van der Waals surface area (Å²) in [5, 5.41) is 2.81. The number of nitrogens with one attached hydrogen (secondary N) is 1. The Kier molecular flexibility index (Phi) is 2.69. The average molecular weight is 281 g/mol. The van der Waals surface area contributed by atoms with Gasteiger partial charge in [-0.25, -0.2) is 0 Å². The molecule has 4 rings (SSSR count). The molecule has 0 spiro atoms. The lowest BCUT2D eigenvalue weighted by Gasteiger charge is -2.35. The van der Waals surface area contributed by atoms with Crippen molar-refractivity contribution in [1.82, 2.24) is 5.32 Å². The Morgan fingerprint density at radius 3 is 2.47 bits per heavy atom. The number of fused-ring (bicyclic) bond motifs is 1. The van der Waals surface area contributed by atoms with Crippen LogP contribution in [0.5, 0.6) is 0 Å². The van der Waals surface area contributed by atoms with E-state index in [4.69, 9.17) is 4.18 Å². The molecule has 0 radical (unpaired) electrons. The van der Waals surface area contributed by atoms with E-state index >= 15 is 0 Å². The molecule has 1 amide bonds. The number of carbonyl (C=O) groups excluding carboxylic acids is 1. The largest absolute Gasteiger partial charge is 0.348 e. The summed E-state index contributed by atoms with van der Waals surface area (Å²) in [5.74, 6) is 0.0574. The number of carbonyl (C=O) groups is 1. The second kappa shape index (κ2) is 4.05. The molecule has 2 heterocycles. The van der Waals surface area contributed by atoms with E-state index in [1.54, 1.807) is 12.1 Å². The smallest absolute Gasteiger partial charge is 0.297 e. The quantitative estimate of drug-likeness (QED) is 0.835. The summed E-state index contributed by atoms with van der Waals surface area (Å²) in [5.41, 5.74) is 0.530. The van der Waals surface area contributed by atoms with Gasteiger partial charge in [0.2, 0.25) is 5.91 Å². The normalized spacial score (nSPS) is 28.9. The van der Waals surface area contributed by atoms with Crippen LogP contribution in [0, 0.1) is 12.8 Å². The van der Waals surface area contributed by atoms with Crippen molar-refractivity contribution in [2.75, 3.05) is 6.61 Å². The van der Waals surface area contributed by atoms with E-state index in [0.29, 0.717) is 12.8 Å². The fraction of sp³-hybridized carbons (Fsp3) is 0.462. The van der Waals surface area contributed by atoms with Crippen LogP contribution in [0.1, 0.15) is 18.4 Å². The summed E-state index contributed by atoms with van der Waals surface area (Å²) < 4.78 is 29.1. The molecule has 3 aliphatic rings. The molecule has 0 aromatic heterocycles. The van der Waals surface area contributed by atoms with Crippen LogP contribution in [0.2, 0.25) is 0 Å². The third kappa shape index (κ3) is 2.15. The van der Waals surface area contributed by atoms with Gasteiger partial charge in [0, 0.05) is 5.92 Å². The summed E-state index contributed by atoms with van der Waals surface area (Å²) >= 11 is 0. The van der Waals surface area contributed by atoms with Gasteiger partial charge >= 0.3 is 0 Å². The third-order valence-corrected chi connectivity index (χ3v) is 5.11. The highest BCUT2D eigenvalue weighted by Crippen LogP contribution is 2.44. The van der Waals surface area contributed by atoms with Crippen molar-refractivity contribution in [2.24, 2.45) is 5.92 Å². The first-order valence-electron chi connectivity index (χ1n) is 6.18. The van der Waals surface area contributed by atoms with Crippen molar-refractivity contribution in [2.45, 2.75) is 30.2 Å². The van der Waals surface area contributed by atoms with Gasteiger partial charge in [-0.15, -0.1) is 0 Å². The lowest BCUT2D eigenvalue weighted by atomic mass is 9.74. The molecule has 1 aromatic carbocycles. The SMILES string of the molecule is Cc1ccc(S(=O)(=O)OCC23CC(C2)C(=O)N3)cc1. The summed E-state index contributed by atoms with van der Waals surface area (Å²) in [6.07, 6.45) is 1.35. The number of aryl methyl sites for hydroxylation is 1. The van der Waals surface area contributed by atoms with Crippen molar-refractivity contribution < 1.29 is 17.4 Å². The first-order chi connectivity index (χ1) is 8.90. The Bertz CT molecular complexity index is 615. The monoisotopic (exact) mass is 281 g/mol. The van der Waals surface area contributed by atoms with Crippen LogP contribution in [0.3, 0.4) is 0 Å². The molecule has 3 fully saturated rings. The maximum atomic E-state index is 12.0. The van der Waals surface area contributed by atoms with Gasteiger partial charge in [-0.05, 0) is 31.9 Å². The van der Waals surface area contributed by atoms with Crippen molar-refractivity contribution in [3.63, 3.8) is 0 Å². The lowest BCUT2D eigenvalue weighted by Crippen LogP contribution is -2.48. The molecular weight excluding hydrogens is 266 g/mol. The van der Waals surface area contributed by atoms with Gasteiger partial charge < -0.3 is 5.32 Å². The fourth-order valence-corrected chi connectivity index (χ4v) is 3.64. The van der Waals surface area contributed by atoms with Crippen molar-refractivity contribution in [1.29, 1.82) is 0 Å². The van der Waals surface area contributed by atoms with Crippen LogP contribution in [0.25, 0.3) is 0 Å². The zero-order valence-electron chi connectivity index (χ0n) is 10.5. The van der Waals surface area contributed by atoms with Crippen LogP contribution in [0.15, 0.2) is 29.2 Å². The predicted octanol–water partition coefficient (Wildman–Crippen LogP) is 0.979. The van der Waals surface area contributed by atoms with Gasteiger partial charge in [0.25, 0.3) is 10.1 Å². The van der Waals surface area contributed by atoms with Crippen molar-refractivity contribution in [3.8, 4) is 0 Å². The number of amides is 1. The zero-order valence-corrected chi connectivity index (χ0v) is 11.4. The molecule has 2 bridgehead atoms. The Hall–Kier alpha value is -1.40. The highest BCUT2D eigenvalue weighted by atomic mass is 32.2. The maximum absolute atomic E-state index is 12.0. The van der Waals surface area contributed by atoms with Gasteiger partial charge in [-0.1, -0.05) is 17.7 Å². The molecule has 0 atom stereocenters. The average Bonchev–Trinajstić information content (AvgIpc) is 2.79. The van der Waals surface area contributed by atoms with Crippen LogP contribution in [-0.2, 0) is 19.1 Å². The van der Waals surface area contributed by atoms with E-state index in [9.17, 15) is 13.2 Å². The molecule has 0 unspecified atom stereocenters. The molecule has 6 heteroatoms. The molecule has 1 aliphatic carbocycles. The Balaban J connectivity index is 1.69. The fourth-order valence-electron chi connectivity index (χ4n) is 2.65. The number of benzene rings is 1. The van der Waals surface area contributed by atoms with E-state index in [1.807, 2.05) is 6.92 Å². The van der Waals surface area contributed by atoms with Crippen molar-refractivity contribution in [3.05, 3.63) is 29.8 Å². The van der Waals surface area contributed by atoms with Crippen LogP contribution >= 0.6 is 0 Å². The van der Waals surface area contributed by atoms with E-state index in [1.165, 1.54) is 12.1 Å². The first-order valence-corrected chi connectivity index (χ1v) is 7.59. The summed E-state index contributed by atoms with van der Waals surface area (Å²) in [6, 6.07) is 6.51. The Labute approximate surface area is 112 Å². The van der Waals surface area contributed by atoms with E-state index in [0.717, 1.165) is 5.56 Å². The number of hydrogen-bond donors (Lipinski definition) is 1. The van der Waals surface area contributed by atoms with Gasteiger partial charge in [0.05, 0.1) is 17.0 Å².